The molecule has 0 unspecified atom stereocenters. The largest absolute Gasteiger partial charge is 0.420 e. The highest BCUT2D eigenvalue weighted by atomic mass is 35.5. The minimum atomic E-state index is -0.276. The SMILES string of the molecule is Fc1ccc(-c2nnc(C3CCN(Cc4ccc(Cl)cc4)CC3)o2)cc1. The molecule has 0 N–H and O–H groups in total. The third-order valence-electron chi connectivity index (χ3n) is 4.79. The van der Waals surface area contributed by atoms with Crippen LogP contribution >= 0.6 is 11.6 Å². The van der Waals surface area contributed by atoms with Crippen LogP contribution in [0.4, 0.5) is 4.39 Å². The van der Waals surface area contributed by atoms with Gasteiger partial charge in [0.05, 0.1) is 0 Å². The maximum Gasteiger partial charge on any atom is 0.247 e. The summed E-state index contributed by atoms with van der Waals surface area (Å²) in [6.07, 6.45) is 1.97. The van der Waals surface area contributed by atoms with Gasteiger partial charge in [0.1, 0.15) is 5.82 Å². The predicted molar refractivity (Wildman–Crippen MR) is 98.4 cm³/mol. The standard InChI is InChI=1S/C20H19ClFN3O/c21-17-5-1-14(2-6-17)13-25-11-9-16(10-12-25)20-24-23-19(26-20)15-3-7-18(22)8-4-15/h1-8,16H,9-13H2. The normalized spacial score (nSPS) is 16.1. The van der Waals surface area contributed by atoms with E-state index in [1.807, 2.05) is 12.1 Å². The Labute approximate surface area is 156 Å². The summed E-state index contributed by atoms with van der Waals surface area (Å²) in [5, 5.41) is 9.10. The molecular weight excluding hydrogens is 353 g/mol. The van der Waals surface area contributed by atoms with Crippen molar-refractivity contribution < 1.29 is 8.81 Å². The molecule has 4 nitrogen and oxygen atoms in total. The van der Waals surface area contributed by atoms with E-state index < -0.39 is 0 Å². The zero-order valence-corrected chi connectivity index (χ0v) is 15.0. The third-order valence-corrected chi connectivity index (χ3v) is 5.04. The van der Waals surface area contributed by atoms with Crippen LogP contribution < -0.4 is 0 Å². The van der Waals surface area contributed by atoms with Gasteiger partial charge in [-0.15, -0.1) is 10.2 Å². The van der Waals surface area contributed by atoms with Crippen molar-refractivity contribution in [2.24, 2.45) is 0 Å². The molecule has 0 aliphatic carbocycles. The number of rotatable bonds is 4. The lowest BCUT2D eigenvalue weighted by molar-refractivity contribution is 0.193. The third kappa shape index (κ3) is 3.94. The molecule has 1 aliphatic heterocycles. The summed E-state index contributed by atoms with van der Waals surface area (Å²) in [6.45, 7) is 2.90. The Morgan fingerprint density at radius 1 is 1.00 bits per heavy atom. The summed E-state index contributed by atoms with van der Waals surface area (Å²) in [5.74, 6) is 1.12. The van der Waals surface area contributed by atoms with Gasteiger partial charge < -0.3 is 4.42 Å². The zero-order valence-electron chi connectivity index (χ0n) is 14.2. The Balaban J connectivity index is 1.36. The highest BCUT2D eigenvalue weighted by Gasteiger charge is 2.25. The molecular formula is C20H19ClFN3O. The average molecular weight is 372 g/mol. The van der Waals surface area contributed by atoms with E-state index >= 15 is 0 Å². The maximum atomic E-state index is 13.0. The van der Waals surface area contributed by atoms with Gasteiger partial charge in [-0.25, -0.2) is 4.39 Å². The molecule has 0 bridgehead atoms. The van der Waals surface area contributed by atoms with Gasteiger partial charge in [-0.1, -0.05) is 23.7 Å². The molecule has 0 atom stereocenters. The summed E-state index contributed by atoms with van der Waals surface area (Å²) in [6, 6.07) is 14.1. The van der Waals surface area contributed by atoms with E-state index in [-0.39, 0.29) is 11.7 Å². The molecule has 1 fully saturated rings. The van der Waals surface area contributed by atoms with Crippen LogP contribution in [0.15, 0.2) is 52.9 Å². The van der Waals surface area contributed by atoms with E-state index in [1.54, 1.807) is 12.1 Å². The van der Waals surface area contributed by atoms with Gasteiger partial charge >= 0.3 is 0 Å². The second-order valence-electron chi connectivity index (χ2n) is 6.63. The minimum Gasteiger partial charge on any atom is -0.420 e. The van der Waals surface area contributed by atoms with Gasteiger partial charge in [-0.05, 0) is 67.9 Å². The van der Waals surface area contributed by atoms with E-state index in [1.165, 1.54) is 17.7 Å². The number of benzene rings is 2. The molecule has 1 aliphatic rings. The molecule has 4 rings (SSSR count). The van der Waals surface area contributed by atoms with Crippen LogP contribution in [0.2, 0.25) is 5.02 Å². The Hall–Kier alpha value is -2.24. The number of halogens is 2. The summed E-state index contributed by atoms with van der Waals surface area (Å²) < 4.78 is 18.9. The first-order chi connectivity index (χ1) is 12.7. The Morgan fingerprint density at radius 2 is 1.69 bits per heavy atom. The van der Waals surface area contributed by atoms with E-state index in [2.05, 4.69) is 27.2 Å². The smallest absolute Gasteiger partial charge is 0.247 e. The zero-order chi connectivity index (χ0) is 17.9. The van der Waals surface area contributed by atoms with Crippen molar-refractivity contribution in [1.82, 2.24) is 15.1 Å². The van der Waals surface area contributed by atoms with Crippen LogP contribution in [0.25, 0.3) is 11.5 Å². The molecule has 26 heavy (non-hydrogen) atoms. The number of piperidine rings is 1. The van der Waals surface area contributed by atoms with Crippen molar-refractivity contribution in [3.63, 3.8) is 0 Å². The van der Waals surface area contributed by atoms with Crippen LogP contribution in [-0.2, 0) is 6.54 Å². The minimum absolute atomic E-state index is 0.276. The van der Waals surface area contributed by atoms with Crippen molar-refractivity contribution in [2.45, 2.75) is 25.3 Å². The Bertz CT molecular complexity index is 856. The second kappa shape index (κ2) is 7.56. The molecule has 3 aromatic rings. The topological polar surface area (TPSA) is 42.2 Å². The van der Waals surface area contributed by atoms with E-state index in [9.17, 15) is 4.39 Å². The number of hydrogen-bond acceptors (Lipinski definition) is 4. The molecule has 0 spiro atoms. The van der Waals surface area contributed by atoms with Crippen LogP contribution in [0.5, 0.6) is 0 Å². The Kier molecular flexibility index (Phi) is 5.00. The molecule has 0 amide bonds. The van der Waals surface area contributed by atoms with Crippen molar-refractivity contribution >= 4 is 11.6 Å². The fourth-order valence-corrected chi connectivity index (χ4v) is 3.42. The van der Waals surface area contributed by atoms with Crippen molar-refractivity contribution in [1.29, 1.82) is 0 Å². The van der Waals surface area contributed by atoms with Crippen LogP contribution in [-0.4, -0.2) is 28.2 Å². The summed E-state index contributed by atoms with van der Waals surface area (Å²) in [4.78, 5) is 2.43. The second-order valence-corrected chi connectivity index (χ2v) is 7.07. The number of hydrogen-bond donors (Lipinski definition) is 0. The highest BCUT2D eigenvalue weighted by molar-refractivity contribution is 6.30. The number of nitrogens with zero attached hydrogens (tertiary/aromatic N) is 3. The van der Waals surface area contributed by atoms with Gasteiger partial charge in [0.25, 0.3) is 0 Å². The Morgan fingerprint density at radius 3 is 2.38 bits per heavy atom. The van der Waals surface area contributed by atoms with Crippen molar-refractivity contribution in [3.8, 4) is 11.5 Å². The van der Waals surface area contributed by atoms with Gasteiger partial charge in [-0.2, -0.15) is 0 Å². The van der Waals surface area contributed by atoms with Crippen LogP contribution in [0.1, 0.15) is 30.2 Å². The molecule has 1 saturated heterocycles. The number of aromatic nitrogens is 2. The lowest BCUT2D eigenvalue weighted by Crippen LogP contribution is -2.32. The first-order valence-corrected chi connectivity index (χ1v) is 9.11. The molecule has 2 aromatic carbocycles. The summed E-state index contributed by atoms with van der Waals surface area (Å²) in [5.41, 5.74) is 2.01. The van der Waals surface area contributed by atoms with Gasteiger partial charge in [0.2, 0.25) is 11.8 Å². The maximum absolute atomic E-state index is 13.0. The molecule has 1 aromatic heterocycles. The summed E-state index contributed by atoms with van der Waals surface area (Å²) in [7, 11) is 0. The molecule has 0 radical (unpaired) electrons. The highest BCUT2D eigenvalue weighted by Crippen LogP contribution is 2.30. The van der Waals surface area contributed by atoms with Gasteiger partial charge in [-0.3, -0.25) is 4.90 Å². The van der Waals surface area contributed by atoms with E-state index in [4.69, 9.17) is 16.0 Å². The monoisotopic (exact) mass is 371 g/mol. The number of likely N-dealkylation sites (tertiary alicyclic amines) is 1. The van der Waals surface area contributed by atoms with Crippen molar-refractivity contribution in [2.75, 3.05) is 13.1 Å². The van der Waals surface area contributed by atoms with Gasteiger partial charge in [0, 0.05) is 23.0 Å². The quantitative estimate of drug-likeness (QED) is 0.653. The summed E-state index contributed by atoms with van der Waals surface area (Å²) >= 11 is 5.94. The van der Waals surface area contributed by atoms with Gasteiger partial charge in [0.15, 0.2) is 0 Å². The van der Waals surface area contributed by atoms with E-state index in [0.29, 0.717) is 11.8 Å². The fraction of sp³-hybridized carbons (Fsp3) is 0.300. The molecule has 6 heteroatoms. The van der Waals surface area contributed by atoms with E-state index in [0.717, 1.165) is 43.1 Å². The molecule has 2 heterocycles. The predicted octanol–water partition coefficient (Wildman–Crippen LogP) is 4.91. The van der Waals surface area contributed by atoms with Crippen LogP contribution in [0, 0.1) is 5.82 Å². The first-order valence-electron chi connectivity index (χ1n) is 8.73. The average Bonchev–Trinajstić information content (AvgIpc) is 3.15. The molecule has 134 valence electrons. The van der Waals surface area contributed by atoms with Crippen LogP contribution in [0.3, 0.4) is 0 Å². The molecule has 0 saturated carbocycles. The fourth-order valence-electron chi connectivity index (χ4n) is 3.29. The lowest BCUT2D eigenvalue weighted by Gasteiger charge is -2.30. The first kappa shape index (κ1) is 17.2. The lowest BCUT2D eigenvalue weighted by atomic mass is 9.96. The van der Waals surface area contributed by atoms with Crippen molar-refractivity contribution in [3.05, 3.63) is 70.8 Å².